The van der Waals surface area contributed by atoms with Crippen LogP contribution in [0.1, 0.15) is 23.2 Å². The van der Waals surface area contributed by atoms with E-state index in [1.165, 1.54) is 12.1 Å². The van der Waals surface area contributed by atoms with E-state index in [0.29, 0.717) is 4.47 Å². The number of sulfonamides is 1. The van der Waals surface area contributed by atoms with Crippen LogP contribution < -0.4 is 4.72 Å². The van der Waals surface area contributed by atoms with Crippen LogP contribution in [0.4, 0.5) is 0 Å². The van der Waals surface area contributed by atoms with Crippen LogP contribution in [0.25, 0.3) is 0 Å². The highest BCUT2D eigenvalue weighted by atomic mass is 79.9. The third-order valence-corrected chi connectivity index (χ3v) is 4.67. The van der Waals surface area contributed by atoms with Gasteiger partial charge in [0.05, 0.1) is 10.5 Å². The number of nitrogens with one attached hydrogen (secondary N) is 1. The second-order valence-corrected chi connectivity index (χ2v) is 6.84. The average Bonchev–Trinajstić information content (AvgIpc) is 2.80. The van der Waals surface area contributed by atoms with Gasteiger partial charge in [0.25, 0.3) is 0 Å². The summed E-state index contributed by atoms with van der Waals surface area (Å²) in [7, 11) is -3.72. The Hall–Kier alpha value is -1.18. The maximum Gasteiger partial charge on any atom is 0.335 e. The monoisotopic (exact) mass is 345 g/mol. The SMILES string of the molecule is O=C(O)c1cc(Br)cc(S(=O)(=O)NC2C=CCC2)c1. The number of carboxylic acids is 1. The first-order valence-electron chi connectivity index (χ1n) is 5.61. The van der Waals surface area contributed by atoms with Gasteiger partial charge in [-0.25, -0.2) is 17.9 Å². The van der Waals surface area contributed by atoms with Crippen LogP contribution in [0.3, 0.4) is 0 Å². The molecule has 1 atom stereocenters. The molecule has 0 aliphatic heterocycles. The molecule has 1 aliphatic rings. The van der Waals surface area contributed by atoms with Crippen LogP contribution in [0, 0.1) is 0 Å². The Balaban J connectivity index is 2.34. The first-order chi connectivity index (χ1) is 8.88. The summed E-state index contributed by atoms with van der Waals surface area (Å²) in [5.41, 5.74) is -0.0725. The summed E-state index contributed by atoms with van der Waals surface area (Å²) in [4.78, 5) is 10.9. The third kappa shape index (κ3) is 3.43. The van der Waals surface area contributed by atoms with E-state index in [4.69, 9.17) is 5.11 Å². The minimum absolute atomic E-state index is 0.0559. The van der Waals surface area contributed by atoms with E-state index in [-0.39, 0.29) is 16.5 Å². The number of benzene rings is 1. The van der Waals surface area contributed by atoms with Gasteiger partial charge in [0.1, 0.15) is 0 Å². The molecule has 0 fully saturated rings. The largest absolute Gasteiger partial charge is 0.478 e. The van der Waals surface area contributed by atoms with E-state index in [1.807, 2.05) is 6.08 Å². The number of rotatable bonds is 4. The molecule has 1 aliphatic carbocycles. The van der Waals surface area contributed by atoms with Gasteiger partial charge in [-0.3, -0.25) is 0 Å². The van der Waals surface area contributed by atoms with E-state index < -0.39 is 16.0 Å². The number of carboxylic acid groups (broad SMARTS) is 1. The number of carbonyl (C=O) groups is 1. The number of allylic oxidation sites excluding steroid dienone is 1. The fraction of sp³-hybridized carbons (Fsp3) is 0.250. The lowest BCUT2D eigenvalue weighted by Gasteiger charge is -2.12. The van der Waals surface area contributed by atoms with Crippen LogP contribution in [0.2, 0.25) is 0 Å². The standard InChI is InChI=1S/C12H12BrNO4S/c13-9-5-8(12(15)16)6-11(7-9)19(17,18)14-10-3-1-2-4-10/h1,3,5-7,10,14H,2,4H2,(H,15,16). The van der Waals surface area contributed by atoms with Gasteiger partial charge in [-0.15, -0.1) is 0 Å². The van der Waals surface area contributed by atoms with Crippen LogP contribution >= 0.6 is 15.9 Å². The van der Waals surface area contributed by atoms with Gasteiger partial charge in [0.15, 0.2) is 0 Å². The molecule has 0 saturated heterocycles. The quantitative estimate of drug-likeness (QED) is 0.819. The molecule has 7 heteroatoms. The van der Waals surface area contributed by atoms with Crippen molar-refractivity contribution in [3.8, 4) is 0 Å². The molecule has 0 heterocycles. The number of hydrogen-bond donors (Lipinski definition) is 2. The summed E-state index contributed by atoms with van der Waals surface area (Å²) >= 11 is 3.12. The van der Waals surface area contributed by atoms with Crippen molar-refractivity contribution in [3.05, 3.63) is 40.4 Å². The van der Waals surface area contributed by atoms with Crippen LogP contribution in [-0.4, -0.2) is 25.5 Å². The predicted molar refractivity (Wildman–Crippen MR) is 73.6 cm³/mol. The highest BCUT2D eigenvalue weighted by Crippen LogP contribution is 2.21. The minimum Gasteiger partial charge on any atom is -0.478 e. The maximum atomic E-state index is 12.2. The summed E-state index contributed by atoms with van der Waals surface area (Å²) in [5.74, 6) is -1.17. The first-order valence-corrected chi connectivity index (χ1v) is 7.89. The Morgan fingerprint density at radius 3 is 2.68 bits per heavy atom. The predicted octanol–water partition coefficient (Wildman–Crippen LogP) is 2.14. The molecule has 0 bridgehead atoms. The van der Waals surface area contributed by atoms with Crippen molar-refractivity contribution < 1.29 is 18.3 Å². The van der Waals surface area contributed by atoms with Crippen molar-refractivity contribution >= 4 is 31.9 Å². The van der Waals surface area contributed by atoms with Crippen molar-refractivity contribution in [1.29, 1.82) is 0 Å². The Labute approximate surface area is 119 Å². The van der Waals surface area contributed by atoms with E-state index >= 15 is 0 Å². The topological polar surface area (TPSA) is 83.5 Å². The van der Waals surface area contributed by atoms with Gasteiger partial charge in [-0.1, -0.05) is 28.1 Å². The van der Waals surface area contributed by atoms with Crippen LogP contribution in [-0.2, 0) is 10.0 Å². The zero-order valence-corrected chi connectivity index (χ0v) is 12.2. The summed E-state index contributed by atoms with van der Waals surface area (Å²) in [5, 5.41) is 8.94. The van der Waals surface area contributed by atoms with Crippen molar-refractivity contribution in [2.75, 3.05) is 0 Å². The van der Waals surface area contributed by atoms with E-state index in [2.05, 4.69) is 20.7 Å². The number of aromatic carboxylic acids is 1. The van der Waals surface area contributed by atoms with Gasteiger partial charge in [-0.2, -0.15) is 0 Å². The van der Waals surface area contributed by atoms with E-state index in [0.717, 1.165) is 18.9 Å². The molecule has 0 spiro atoms. The lowest BCUT2D eigenvalue weighted by Crippen LogP contribution is -2.32. The van der Waals surface area contributed by atoms with Crippen molar-refractivity contribution in [3.63, 3.8) is 0 Å². The number of halogens is 1. The Kier molecular flexibility index (Phi) is 4.07. The zero-order chi connectivity index (χ0) is 14.0. The fourth-order valence-corrected chi connectivity index (χ4v) is 3.78. The molecule has 0 radical (unpaired) electrons. The van der Waals surface area contributed by atoms with E-state index in [9.17, 15) is 13.2 Å². The van der Waals surface area contributed by atoms with Gasteiger partial charge in [0, 0.05) is 10.5 Å². The summed E-state index contributed by atoms with van der Waals surface area (Å²) < 4.78 is 27.3. The fourth-order valence-electron chi connectivity index (χ4n) is 1.84. The molecule has 1 aromatic carbocycles. The Bertz CT molecular complexity index is 639. The highest BCUT2D eigenvalue weighted by Gasteiger charge is 2.21. The number of hydrogen-bond acceptors (Lipinski definition) is 3. The molecule has 1 aromatic rings. The van der Waals surface area contributed by atoms with Crippen molar-refractivity contribution in [2.45, 2.75) is 23.8 Å². The molecular formula is C12H12BrNO4S. The van der Waals surface area contributed by atoms with Gasteiger partial charge < -0.3 is 5.11 Å². The first kappa shape index (κ1) is 14.2. The molecule has 2 rings (SSSR count). The summed E-state index contributed by atoms with van der Waals surface area (Å²) in [6.45, 7) is 0. The second-order valence-electron chi connectivity index (χ2n) is 4.21. The lowest BCUT2D eigenvalue weighted by atomic mass is 10.2. The van der Waals surface area contributed by atoms with E-state index in [1.54, 1.807) is 6.08 Å². The van der Waals surface area contributed by atoms with Crippen molar-refractivity contribution in [2.24, 2.45) is 0 Å². The molecule has 0 amide bonds. The maximum absolute atomic E-state index is 12.2. The molecule has 0 saturated carbocycles. The molecule has 1 unspecified atom stereocenters. The molecule has 0 aromatic heterocycles. The Morgan fingerprint density at radius 1 is 1.37 bits per heavy atom. The molecule has 19 heavy (non-hydrogen) atoms. The molecule has 2 N–H and O–H groups in total. The molecular weight excluding hydrogens is 334 g/mol. The average molecular weight is 346 g/mol. The van der Waals surface area contributed by atoms with Gasteiger partial charge >= 0.3 is 5.97 Å². The zero-order valence-electron chi connectivity index (χ0n) is 9.84. The van der Waals surface area contributed by atoms with Crippen LogP contribution in [0.5, 0.6) is 0 Å². The van der Waals surface area contributed by atoms with Crippen molar-refractivity contribution in [1.82, 2.24) is 4.72 Å². The lowest BCUT2D eigenvalue weighted by molar-refractivity contribution is 0.0696. The summed E-state index contributed by atoms with van der Waals surface area (Å²) in [6, 6.07) is 3.66. The Morgan fingerprint density at radius 2 is 2.11 bits per heavy atom. The minimum atomic E-state index is -3.72. The normalized spacial score (nSPS) is 18.7. The van der Waals surface area contributed by atoms with Gasteiger partial charge in [-0.05, 0) is 31.0 Å². The van der Waals surface area contributed by atoms with Crippen LogP contribution in [0.15, 0.2) is 39.7 Å². The third-order valence-electron chi connectivity index (χ3n) is 2.75. The van der Waals surface area contributed by atoms with Gasteiger partial charge in [0.2, 0.25) is 10.0 Å². The second kappa shape index (κ2) is 5.44. The summed E-state index contributed by atoms with van der Waals surface area (Å²) in [6.07, 6.45) is 5.27. The smallest absolute Gasteiger partial charge is 0.335 e. The molecule has 102 valence electrons. The molecule has 5 nitrogen and oxygen atoms in total. The highest BCUT2D eigenvalue weighted by molar-refractivity contribution is 9.10.